The first-order valence-electron chi connectivity index (χ1n) is 9.91. The van der Waals surface area contributed by atoms with E-state index in [1.807, 2.05) is 9.80 Å². The molecular weight excluding hydrogens is 358 g/mol. The lowest BCUT2D eigenvalue weighted by atomic mass is 9.95. The second-order valence-electron chi connectivity index (χ2n) is 7.76. The van der Waals surface area contributed by atoms with Gasteiger partial charge in [-0.15, -0.1) is 11.8 Å². The Labute approximate surface area is 167 Å². The number of rotatable bonds is 5. The van der Waals surface area contributed by atoms with Gasteiger partial charge in [-0.05, 0) is 32.4 Å². The molecule has 2 fully saturated rings. The fourth-order valence-corrected chi connectivity index (χ4v) is 4.58. The fourth-order valence-electron chi connectivity index (χ4n) is 3.69. The van der Waals surface area contributed by atoms with Crippen LogP contribution in [0.15, 0.2) is 24.3 Å². The van der Waals surface area contributed by atoms with Crippen molar-refractivity contribution in [2.75, 3.05) is 52.1 Å². The van der Waals surface area contributed by atoms with Crippen molar-refractivity contribution in [3.05, 3.63) is 35.4 Å². The van der Waals surface area contributed by atoms with Crippen molar-refractivity contribution in [1.82, 2.24) is 14.7 Å². The number of piperazine rings is 1. The lowest BCUT2D eigenvalue weighted by molar-refractivity contribution is -0.141. The van der Waals surface area contributed by atoms with Crippen LogP contribution < -0.4 is 0 Å². The summed E-state index contributed by atoms with van der Waals surface area (Å²) in [5.41, 5.74) is 2.52. The quantitative estimate of drug-likeness (QED) is 0.775. The summed E-state index contributed by atoms with van der Waals surface area (Å²) in [6.45, 7) is 7.11. The van der Waals surface area contributed by atoms with E-state index in [1.165, 1.54) is 11.1 Å². The van der Waals surface area contributed by atoms with Crippen molar-refractivity contribution >= 4 is 23.6 Å². The highest BCUT2D eigenvalue weighted by Gasteiger charge is 2.31. The third-order valence-electron chi connectivity index (χ3n) is 5.63. The minimum absolute atomic E-state index is 0.0951. The number of piperidine rings is 1. The number of hydrogen-bond acceptors (Lipinski definition) is 4. The lowest BCUT2D eigenvalue weighted by Crippen LogP contribution is -2.51. The fraction of sp³-hybridized carbons (Fsp3) is 0.619. The molecule has 0 atom stereocenters. The number of amides is 2. The van der Waals surface area contributed by atoms with Gasteiger partial charge in [-0.3, -0.25) is 9.59 Å². The zero-order valence-corrected chi connectivity index (χ0v) is 17.3. The Bertz CT molecular complexity index is 633. The Kier molecular flexibility index (Phi) is 7.19. The van der Waals surface area contributed by atoms with Gasteiger partial charge in [-0.2, -0.15) is 0 Å². The normalized spacial score (nSPS) is 19.3. The first kappa shape index (κ1) is 20.2. The molecule has 2 amide bonds. The van der Waals surface area contributed by atoms with E-state index >= 15 is 0 Å². The lowest BCUT2D eigenvalue weighted by Gasteiger charge is -2.37. The van der Waals surface area contributed by atoms with E-state index in [0.717, 1.165) is 44.8 Å². The molecule has 0 spiro atoms. The van der Waals surface area contributed by atoms with E-state index in [2.05, 4.69) is 43.1 Å². The molecule has 2 aliphatic heterocycles. The van der Waals surface area contributed by atoms with Gasteiger partial charge in [0.2, 0.25) is 11.8 Å². The molecule has 0 bridgehead atoms. The molecule has 0 saturated carbocycles. The molecule has 0 aromatic heterocycles. The second kappa shape index (κ2) is 9.60. The molecule has 5 nitrogen and oxygen atoms in total. The number of carbonyl (C=O) groups is 2. The van der Waals surface area contributed by atoms with Crippen molar-refractivity contribution in [3.63, 3.8) is 0 Å². The highest BCUT2D eigenvalue weighted by Crippen LogP contribution is 2.22. The van der Waals surface area contributed by atoms with Gasteiger partial charge >= 0.3 is 0 Å². The van der Waals surface area contributed by atoms with E-state index in [4.69, 9.17) is 0 Å². The summed E-state index contributed by atoms with van der Waals surface area (Å²) in [5.74, 6) is 1.98. The second-order valence-corrected chi connectivity index (χ2v) is 8.75. The number of carbonyl (C=O) groups excluding carboxylic acids is 2. The molecule has 1 aromatic rings. The topological polar surface area (TPSA) is 43.9 Å². The number of likely N-dealkylation sites (tertiary alicyclic amines) is 1. The van der Waals surface area contributed by atoms with Crippen LogP contribution in [0.2, 0.25) is 0 Å². The van der Waals surface area contributed by atoms with Gasteiger partial charge < -0.3 is 14.7 Å². The third kappa shape index (κ3) is 5.72. The standard InChI is InChI=1S/C21H31N3O2S/c1-17-3-5-18(6-4-17)15-27-16-20(25)23-9-7-19(8-10-23)21(26)24-13-11-22(2)12-14-24/h3-6,19H,7-16H2,1-2H3. The number of likely N-dealkylation sites (N-methyl/N-ethyl adjacent to an activating group) is 1. The van der Waals surface area contributed by atoms with Crippen LogP contribution in [-0.4, -0.2) is 78.6 Å². The smallest absolute Gasteiger partial charge is 0.232 e. The van der Waals surface area contributed by atoms with E-state index in [-0.39, 0.29) is 11.8 Å². The summed E-state index contributed by atoms with van der Waals surface area (Å²) in [6, 6.07) is 8.48. The number of hydrogen-bond donors (Lipinski definition) is 0. The van der Waals surface area contributed by atoms with Gasteiger partial charge in [0.05, 0.1) is 5.75 Å². The largest absolute Gasteiger partial charge is 0.342 e. The molecule has 2 aliphatic rings. The van der Waals surface area contributed by atoms with Gasteiger partial charge in [0.1, 0.15) is 0 Å². The first-order chi connectivity index (χ1) is 13.0. The predicted molar refractivity (Wildman–Crippen MR) is 111 cm³/mol. The van der Waals surface area contributed by atoms with Crippen LogP contribution in [0, 0.1) is 12.8 Å². The maximum absolute atomic E-state index is 12.7. The molecule has 27 heavy (non-hydrogen) atoms. The Morgan fingerprint density at radius 2 is 1.59 bits per heavy atom. The molecule has 0 aliphatic carbocycles. The maximum atomic E-state index is 12.7. The van der Waals surface area contributed by atoms with E-state index in [0.29, 0.717) is 24.7 Å². The number of nitrogens with zero attached hydrogens (tertiary/aromatic N) is 3. The van der Waals surface area contributed by atoms with Crippen LogP contribution in [-0.2, 0) is 15.3 Å². The number of benzene rings is 1. The molecule has 2 heterocycles. The minimum Gasteiger partial charge on any atom is -0.342 e. The van der Waals surface area contributed by atoms with Crippen LogP contribution in [0.1, 0.15) is 24.0 Å². The molecule has 3 rings (SSSR count). The summed E-state index contributed by atoms with van der Waals surface area (Å²) in [6.07, 6.45) is 1.61. The summed E-state index contributed by atoms with van der Waals surface area (Å²) in [7, 11) is 2.10. The molecule has 0 radical (unpaired) electrons. The van der Waals surface area contributed by atoms with Crippen LogP contribution >= 0.6 is 11.8 Å². The predicted octanol–water partition coefficient (Wildman–Crippen LogP) is 2.24. The van der Waals surface area contributed by atoms with Crippen molar-refractivity contribution in [1.29, 1.82) is 0 Å². The van der Waals surface area contributed by atoms with Crippen LogP contribution in [0.25, 0.3) is 0 Å². The van der Waals surface area contributed by atoms with Gasteiger partial charge in [-0.25, -0.2) is 0 Å². The Morgan fingerprint density at radius 3 is 2.22 bits per heavy atom. The first-order valence-corrected chi connectivity index (χ1v) is 11.1. The molecular formula is C21H31N3O2S. The SMILES string of the molecule is Cc1ccc(CSCC(=O)N2CCC(C(=O)N3CCN(C)CC3)CC2)cc1. The average molecular weight is 390 g/mol. The zero-order valence-electron chi connectivity index (χ0n) is 16.5. The Balaban J connectivity index is 1.37. The molecule has 6 heteroatoms. The molecule has 1 aromatic carbocycles. The van der Waals surface area contributed by atoms with Crippen molar-refractivity contribution in [2.45, 2.75) is 25.5 Å². The monoisotopic (exact) mass is 389 g/mol. The van der Waals surface area contributed by atoms with Crippen LogP contribution in [0.3, 0.4) is 0 Å². The van der Waals surface area contributed by atoms with E-state index in [9.17, 15) is 9.59 Å². The van der Waals surface area contributed by atoms with E-state index in [1.54, 1.807) is 11.8 Å². The van der Waals surface area contributed by atoms with E-state index < -0.39 is 0 Å². The maximum Gasteiger partial charge on any atom is 0.232 e. The van der Waals surface area contributed by atoms with Gasteiger partial charge in [0.15, 0.2) is 0 Å². The Hall–Kier alpha value is -1.53. The van der Waals surface area contributed by atoms with Gasteiger partial charge in [0, 0.05) is 50.9 Å². The van der Waals surface area contributed by atoms with Crippen molar-refractivity contribution in [3.8, 4) is 0 Å². The highest BCUT2D eigenvalue weighted by molar-refractivity contribution is 7.99. The highest BCUT2D eigenvalue weighted by atomic mass is 32.2. The van der Waals surface area contributed by atoms with Crippen LogP contribution in [0.4, 0.5) is 0 Å². The average Bonchev–Trinajstić information content (AvgIpc) is 2.69. The number of aryl methyl sites for hydroxylation is 1. The Morgan fingerprint density at radius 1 is 0.963 bits per heavy atom. The molecule has 148 valence electrons. The molecule has 0 N–H and O–H groups in total. The van der Waals surface area contributed by atoms with Gasteiger partial charge in [-0.1, -0.05) is 29.8 Å². The summed E-state index contributed by atoms with van der Waals surface area (Å²) < 4.78 is 0. The van der Waals surface area contributed by atoms with Gasteiger partial charge in [0.25, 0.3) is 0 Å². The third-order valence-corrected chi connectivity index (χ3v) is 6.62. The summed E-state index contributed by atoms with van der Waals surface area (Å²) in [4.78, 5) is 31.4. The minimum atomic E-state index is 0.0951. The van der Waals surface area contributed by atoms with Crippen molar-refractivity contribution < 1.29 is 9.59 Å². The van der Waals surface area contributed by atoms with Crippen molar-refractivity contribution in [2.24, 2.45) is 5.92 Å². The molecule has 0 unspecified atom stereocenters. The molecule has 2 saturated heterocycles. The number of thioether (sulfide) groups is 1. The summed E-state index contributed by atoms with van der Waals surface area (Å²) in [5, 5.41) is 0. The van der Waals surface area contributed by atoms with Crippen LogP contribution in [0.5, 0.6) is 0 Å². The zero-order chi connectivity index (χ0) is 19.2. The summed E-state index contributed by atoms with van der Waals surface area (Å²) >= 11 is 1.67.